The number of amides is 1. The van der Waals surface area contributed by atoms with Gasteiger partial charge in [0.25, 0.3) is 5.91 Å². The summed E-state index contributed by atoms with van der Waals surface area (Å²) >= 11 is 0. The van der Waals surface area contributed by atoms with Crippen LogP contribution in [0.25, 0.3) is 0 Å². The van der Waals surface area contributed by atoms with Crippen molar-refractivity contribution >= 4 is 11.6 Å². The van der Waals surface area contributed by atoms with Crippen molar-refractivity contribution in [2.75, 3.05) is 45.3 Å². The topological polar surface area (TPSA) is 77.8 Å². The number of rotatable bonds is 7. The summed E-state index contributed by atoms with van der Waals surface area (Å²) in [5, 5.41) is 12.4. The number of nitriles is 1. The molecule has 0 bridgehead atoms. The molecule has 1 atom stereocenters. The second-order valence-corrected chi connectivity index (χ2v) is 7.32. The van der Waals surface area contributed by atoms with Crippen LogP contribution < -0.4 is 19.7 Å². The first-order valence-electron chi connectivity index (χ1n) is 10.2. The molecule has 2 aromatic carbocycles. The summed E-state index contributed by atoms with van der Waals surface area (Å²) in [7, 11) is 3.14. The van der Waals surface area contributed by atoms with Crippen LogP contribution in [0.15, 0.2) is 60.3 Å². The minimum atomic E-state index is -0.393. The molecule has 162 valence electrons. The number of piperazine rings is 1. The van der Waals surface area contributed by atoms with Crippen molar-refractivity contribution in [3.05, 3.63) is 65.9 Å². The highest BCUT2D eigenvalue weighted by molar-refractivity contribution is 5.97. The Balaban J connectivity index is 1.61. The lowest BCUT2D eigenvalue weighted by Gasteiger charge is -2.35. The Kier molecular flexibility index (Phi) is 7.39. The molecule has 7 heteroatoms. The molecule has 31 heavy (non-hydrogen) atoms. The molecule has 0 aliphatic carbocycles. The minimum absolute atomic E-state index is 0.0977. The maximum Gasteiger partial charge on any atom is 0.263 e. The SMILES string of the molecule is COc1ccc(C(C)NC(=O)/C(C#N)=C\N2CCN(c3ccccc3)CC2)cc1OC. The van der Waals surface area contributed by atoms with Crippen LogP contribution in [0.2, 0.25) is 0 Å². The fraction of sp³-hybridized carbons (Fsp3) is 0.333. The third kappa shape index (κ3) is 5.48. The van der Waals surface area contributed by atoms with Gasteiger partial charge in [-0.1, -0.05) is 24.3 Å². The lowest BCUT2D eigenvalue weighted by Crippen LogP contribution is -2.44. The van der Waals surface area contributed by atoms with Crippen molar-refractivity contribution < 1.29 is 14.3 Å². The standard InChI is InChI=1S/C24H28N4O3/c1-18(19-9-10-22(30-2)23(15-19)31-3)26-24(29)20(16-25)17-27-11-13-28(14-12-27)21-7-5-4-6-8-21/h4-10,15,17-18H,11-14H2,1-3H3,(H,26,29)/b20-17-. The zero-order valence-electron chi connectivity index (χ0n) is 18.2. The van der Waals surface area contributed by atoms with E-state index in [1.807, 2.05) is 48.2 Å². The van der Waals surface area contributed by atoms with Gasteiger partial charge in [0.2, 0.25) is 0 Å². The lowest BCUT2D eigenvalue weighted by atomic mass is 10.1. The van der Waals surface area contributed by atoms with Crippen molar-refractivity contribution in [3.8, 4) is 17.6 Å². The molecular weight excluding hydrogens is 392 g/mol. The number of benzene rings is 2. The zero-order valence-corrected chi connectivity index (χ0v) is 18.2. The molecule has 2 aromatic rings. The van der Waals surface area contributed by atoms with Crippen molar-refractivity contribution in [1.29, 1.82) is 5.26 Å². The maximum atomic E-state index is 12.7. The fourth-order valence-electron chi connectivity index (χ4n) is 3.55. The highest BCUT2D eigenvalue weighted by Crippen LogP contribution is 2.30. The first-order valence-corrected chi connectivity index (χ1v) is 10.2. The number of hydrogen-bond acceptors (Lipinski definition) is 6. The molecule has 1 aliphatic rings. The minimum Gasteiger partial charge on any atom is -0.493 e. The number of para-hydroxylation sites is 1. The van der Waals surface area contributed by atoms with E-state index in [4.69, 9.17) is 9.47 Å². The van der Waals surface area contributed by atoms with E-state index in [-0.39, 0.29) is 11.6 Å². The normalized spacial score (nSPS) is 15.1. The van der Waals surface area contributed by atoms with Gasteiger partial charge in [0, 0.05) is 38.1 Å². The number of ether oxygens (including phenoxy) is 2. The Morgan fingerprint density at radius 3 is 2.35 bits per heavy atom. The molecule has 1 N–H and O–H groups in total. The predicted molar refractivity (Wildman–Crippen MR) is 120 cm³/mol. The molecule has 0 radical (unpaired) electrons. The molecule has 7 nitrogen and oxygen atoms in total. The Morgan fingerprint density at radius 1 is 1.06 bits per heavy atom. The van der Waals surface area contributed by atoms with Crippen LogP contribution in [0.3, 0.4) is 0 Å². The van der Waals surface area contributed by atoms with E-state index < -0.39 is 5.91 Å². The van der Waals surface area contributed by atoms with E-state index in [0.717, 1.165) is 31.7 Å². The molecule has 1 unspecified atom stereocenters. The molecule has 0 spiro atoms. The van der Waals surface area contributed by atoms with Gasteiger partial charge < -0.3 is 24.6 Å². The van der Waals surface area contributed by atoms with Gasteiger partial charge in [-0.2, -0.15) is 5.26 Å². The van der Waals surface area contributed by atoms with Gasteiger partial charge in [0.05, 0.1) is 20.3 Å². The molecule has 1 heterocycles. The quantitative estimate of drug-likeness (QED) is 0.548. The van der Waals surface area contributed by atoms with Crippen molar-refractivity contribution in [2.24, 2.45) is 0 Å². The predicted octanol–water partition coefficient (Wildman–Crippen LogP) is 3.11. The van der Waals surface area contributed by atoms with Crippen molar-refractivity contribution in [2.45, 2.75) is 13.0 Å². The van der Waals surface area contributed by atoms with Crippen molar-refractivity contribution in [1.82, 2.24) is 10.2 Å². The van der Waals surface area contributed by atoms with Gasteiger partial charge in [0.1, 0.15) is 11.6 Å². The first kappa shape index (κ1) is 22.0. The van der Waals surface area contributed by atoms with Gasteiger partial charge in [0.15, 0.2) is 11.5 Å². The van der Waals surface area contributed by atoms with Crippen LogP contribution in [0.1, 0.15) is 18.5 Å². The van der Waals surface area contributed by atoms with Gasteiger partial charge in [-0.05, 0) is 36.8 Å². The first-order chi connectivity index (χ1) is 15.0. The Labute approximate surface area is 183 Å². The summed E-state index contributed by atoms with van der Waals surface area (Å²) in [4.78, 5) is 17.0. The second kappa shape index (κ2) is 10.4. The van der Waals surface area contributed by atoms with E-state index in [0.29, 0.717) is 11.5 Å². The molecular formula is C24H28N4O3. The van der Waals surface area contributed by atoms with Gasteiger partial charge in [-0.3, -0.25) is 4.79 Å². The summed E-state index contributed by atoms with van der Waals surface area (Å²) < 4.78 is 10.6. The number of nitrogens with zero attached hydrogens (tertiary/aromatic N) is 3. The van der Waals surface area contributed by atoms with Crippen LogP contribution in [0.4, 0.5) is 5.69 Å². The third-order valence-corrected chi connectivity index (χ3v) is 5.37. The van der Waals surface area contributed by atoms with E-state index >= 15 is 0 Å². The molecule has 3 rings (SSSR count). The van der Waals surface area contributed by atoms with E-state index in [2.05, 4.69) is 22.3 Å². The fourth-order valence-corrected chi connectivity index (χ4v) is 3.55. The second-order valence-electron chi connectivity index (χ2n) is 7.32. The summed E-state index contributed by atoms with van der Waals surface area (Å²) in [6.45, 7) is 5.04. The summed E-state index contributed by atoms with van der Waals surface area (Å²) in [5.41, 5.74) is 2.15. The number of carbonyl (C=O) groups is 1. The number of carbonyl (C=O) groups excluding carboxylic acids is 1. The largest absolute Gasteiger partial charge is 0.493 e. The number of methoxy groups -OCH3 is 2. The Bertz CT molecular complexity index is 961. The monoisotopic (exact) mass is 420 g/mol. The lowest BCUT2D eigenvalue weighted by molar-refractivity contribution is -0.117. The third-order valence-electron chi connectivity index (χ3n) is 5.37. The molecule has 1 amide bonds. The summed E-state index contributed by atoms with van der Waals surface area (Å²) in [6, 6.07) is 17.5. The number of anilines is 1. The van der Waals surface area contributed by atoms with Crippen LogP contribution >= 0.6 is 0 Å². The average Bonchev–Trinajstić information content (AvgIpc) is 2.82. The highest BCUT2D eigenvalue weighted by atomic mass is 16.5. The zero-order chi connectivity index (χ0) is 22.2. The smallest absolute Gasteiger partial charge is 0.263 e. The van der Waals surface area contributed by atoms with Gasteiger partial charge in [-0.15, -0.1) is 0 Å². The molecule has 1 aliphatic heterocycles. The van der Waals surface area contributed by atoms with E-state index in [1.165, 1.54) is 5.69 Å². The molecule has 0 saturated carbocycles. The molecule has 1 saturated heterocycles. The number of hydrogen-bond donors (Lipinski definition) is 1. The van der Waals surface area contributed by atoms with Crippen LogP contribution in [0.5, 0.6) is 11.5 Å². The Morgan fingerprint density at radius 2 is 1.74 bits per heavy atom. The summed E-state index contributed by atoms with van der Waals surface area (Å²) in [5.74, 6) is 0.820. The van der Waals surface area contributed by atoms with Crippen molar-refractivity contribution in [3.63, 3.8) is 0 Å². The van der Waals surface area contributed by atoms with Crippen LogP contribution in [-0.2, 0) is 4.79 Å². The Hall–Kier alpha value is -3.66. The van der Waals surface area contributed by atoms with Crippen LogP contribution in [0, 0.1) is 11.3 Å². The summed E-state index contributed by atoms with van der Waals surface area (Å²) in [6.07, 6.45) is 1.67. The van der Waals surface area contributed by atoms with Gasteiger partial charge >= 0.3 is 0 Å². The van der Waals surface area contributed by atoms with Crippen LogP contribution in [-0.4, -0.2) is 51.2 Å². The van der Waals surface area contributed by atoms with E-state index in [1.54, 1.807) is 26.5 Å². The van der Waals surface area contributed by atoms with Gasteiger partial charge in [-0.25, -0.2) is 0 Å². The molecule has 1 fully saturated rings. The average molecular weight is 421 g/mol. The number of nitrogens with one attached hydrogen (secondary N) is 1. The maximum absolute atomic E-state index is 12.7. The molecule has 0 aromatic heterocycles. The highest BCUT2D eigenvalue weighted by Gasteiger charge is 2.19. The van der Waals surface area contributed by atoms with E-state index in [9.17, 15) is 10.1 Å².